The van der Waals surface area contributed by atoms with E-state index in [1.54, 1.807) is 30.3 Å². The zero-order valence-corrected chi connectivity index (χ0v) is 29.8. The Balaban J connectivity index is 1.51. The summed E-state index contributed by atoms with van der Waals surface area (Å²) >= 11 is 3.55. The zero-order valence-electron chi connectivity index (χ0n) is 27.4. The van der Waals surface area contributed by atoms with Crippen molar-refractivity contribution in [2.45, 2.75) is 70.6 Å². The molecule has 2 aliphatic carbocycles. The number of ether oxygens (including phenoxy) is 1. The van der Waals surface area contributed by atoms with Crippen molar-refractivity contribution >= 4 is 37.6 Å². The molecular weight excluding hydrogens is 678 g/mol. The van der Waals surface area contributed by atoms with Crippen LogP contribution in [-0.4, -0.2) is 38.5 Å². The summed E-state index contributed by atoms with van der Waals surface area (Å²) < 4.78 is 38.0. The fourth-order valence-corrected chi connectivity index (χ4v) is 8.89. The molecule has 246 valence electrons. The lowest BCUT2D eigenvalue weighted by Gasteiger charge is -2.49. The van der Waals surface area contributed by atoms with Gasteiger partial charge < -0.3 is 13.8 Å². The molecule has 0 radical (unpaired) electrons. The Hall–Kier alpha value is -3.69. The molecule has 6 rings (SSSR count). The molecule has 3 aromatic carbocycles. The standard InChI is InChI=1S/C38H40BrNO6S/c1-37(2)20-28-34(30(41)22-37)33(25-18-27(39)36(32(19-25)45-5)46-47(43,44)26-14-10-7-11-15-26)35-29(21-38(3,4)23-31(35)42)40(28)17-16-24-12-8-6-9-13-24/h6-15,18-19,33H,16-17,20-23H2,1-5H3. The number of carbonyl (C=O) groups excluding carboxylic acids is 2. The van der Waals surface area contributed by atoms with Crippen LogP contribution in [0.5, 0.6) is 11.5 Å². The lowest BCUT2D eigenvalue weighted by molar-refractivity contribution is -0.119. The van der Waals surface area contributed by atoms with Crippen molar-refractivity contribution in [1.29, 1.82) is 0 Å². The van der Waals surface area contributed by atoms with Crippen LogP contribution in [0, 0.1) is 10.8 Å². The second-order valence-corrected chi connectivity index (χ2v) is 16.7. The summed E-state index contributed by atoms with van der Waals surface area (Å²) in [6.07, 6.45) is 2.89. The second kappa shape index (κ2) is 12.4. The first-order valence-electron chi connectivity index (χ1n) is 15.9. The highest BCUT2D eigenvalue weighted by atomic mass is 79.9. The topological polar surface area (TPSA) is 90.0 Å². The fourth-order valence-electron chi connectivity index (χ4n) is 7.27. The highest BCUT2D eigenvalue weighted by molar-refractivity contribution is 9.10. The summed E-state index contributed by atoms with van der Waals surface area (Å²) in [6.45, 7) is 9.14. The van der Waals surface area contributed by atoms with Crippen LogP contribution in [0.2, 0.25) is 0 Å². The molecule has 0 fully saturated rings. The predicted molar refractivity (Wildman–Crippen MR) is 185 cm³/mol. The van der Waals surface area contributed by atoms with E-state index in [2.05, 4.69) is 60.7 Å². The Bertz CT molecular complexity index is 1860. The molecule has 7 nitrogen and oxygen atoms in total. The minimum atomic E-state index is -4.17. The van der Waals surface area contributed by atoms with Gasteiger partial charge in [0.05, 0.1) is 11.6 Å². The van der Waals surface area contributed by atoms with Gasteiger partial charge in [-0.2, -0.15) is 8.42 Å². The molecule has 3 aromatic rings. The van der Waals surface area contributed by atoms with Crippen LogP contribution in [0.25, 0.3) is 0 Å². The largest absolute Gasteiger partial charge is 0.493 e. The second-order valence-electron chi connectivity index (χ2n) is 14.3. The van der Waals surface area contributed by atoms with Crippen LogP contribution in [0.15, 0.2) is 105 Å². The number of hydrogen-bond donors (Lipinski definition) is 0. The monoisotopic (exact) mass is 717 g/mol. The van der Waals surface area contributed by atoms with E-state index in [-0.39, 0.29) is 38.8 Å². The molecule has 0 aromatic heterocycles. The summed E-state index contributed by atoms with van der Waals surface area (Å²) in [5.74, 6) is -0.396. The molecule has 0 atom stereocenters. The van der Waals surface area contributed by atoms with E-state index >= 15 is 0 Å². The molecule has 9 heteroatoms. The van der Waals surface area contributed by atoms with Crippen molar-refractivity contribution in [3.8, 4) is 11.5 Å². The minimum Gasteiger partial charge on any atom is -0.493 e. The van der Waals surface area contributed by atoms with Gasteiger partial charge in [0, 0.05) is 47.8 Å². The number of benzene rings is 3. The number of carbonyl (C=O) groups is 2. The molecule has 0 amide bonds. The Morgan fingerprint density at radius 1 is 0.809 bits per heavy atom. The summed E-state index contributed by atoms with van der Waals surface area (Å²) in [7, 11) is -2.73. The van der Waals surface area contributed by atoms with Gasteiger partial charge in [0.25, 0.3) is 0 Å². The van der Waals surface area contributed by atoms with Gasteiger partial charge in [-0.15, -0.1) is 0 Å². The van der Waals surface area contributed by atoms with Gasteiger partial charge in [-0.25, -0.2) is 0 Å². The van der Waals surface area contributed by atoms with Gasteiger partial charge in [-0.3, -0.25) is 9.59 Å². The summed E-state index contributed by atoms with van der Waals surface area (Å²) in [5, 5.41) is 0. The van der Waals surface area contributed by atoms with Gasteiger partial charge in [0.1, 0.15) is 4.90 Å². The van der Waals surface area contributed by atoms with Gasteiger partial charge >= 0.3 is 10.1 Å². The SMILES string of the molecule is COc1cc(C2C3=C(CC(C)(C)CC3=O)N(CCc3ccccc3)C3=C2C(=O)CC(C)(C)C3)cc(Br)c1OS(=O)(=O)c1ccccc1. The summed E-state index contributed by atoms with van der Waals surface area (Å²) in [5.41, 5.74) is 4.58. The summed E-state index contributed by atoms with van der Waals surface area (Å²) in [6, 6.07) is 21.6. The molecule has 0 saturated carbocycles. The van der Waals surface area contributed by atoms with Gasteiger partial charge in [0.15, 0.2) is 23.1 Å². The number of methoxy groups -OCH3 is 1. The van der Waals surface area contributed by atoms with Crippen LogP contribution in [0.4, 0.5) is 0 Å². The van der Waals surface area contributed by atoms with E-state index in [9.17, 15) is 18.0 Å². The molecule has 0 saturated heterocycles. The third-order valence-electron chi connectivity index (χ3n) is 9.30. The highest BCUT2D eigenvalue weighted by Crippen LogP contribution is 2.55. The lowest BCUT2D eigenvalue weighted by Crippen LogP contribution is -2.45. The van der Waals surface area contributed by atoms with Crippen LogP contribution in [0.3, 0.4) is 0 Å². The maximum Gasteiger partial charge on any atom is 0.339 e. The molecule has 47 heavy (non-hydrogen) atoms. The number of Topliss-reactive ketones (excluding diaryl/α,β-unsaturated/α-hetero) is 2. The van der Waals surface area contributed by atoms with Crippen molar-refractivity contribution in [1.82, 2.24) is 4.90 Å². The molecule has 0 unspecified atom stereocenters. The van der Waals surface area contributed by atoms with Gasteiger partial charge in [-0.1, -0.05) is 76.2 Å². The Morgan fingerprint density at radius 2 is 1.34 bits per heavy atom. The maximum atomic E-state index is 14.2. The van der Waals surface area contributed by atoms with Crippen LogP contribution in [0.1, 0.15) is 70.4 Å². The molecule has 0 N–H and O–H groups in total. The van der Waals surface area contributed by atoms with E-state index in [0.29, 0.717) is 53.4 Å². The Labute approximate surface area is 285 Å². The van der Waals surface area contributed by atoms with Crippen LogP contribution >= 0.6 is 15.9 Å². The van der Waals surface area contributed by atoms with Crippen molar-refractivity contribution in [3.63, 3.8) is 0 Å². The first-order chi connectivity index (χ1) is 22.2. The quantitative estimate of drug-likeness (QED) is 0.217. The number of halogens is 1. The normalized spacial score (nSPS) is 19.4. The first kappa shape index (κ1) is 33.2. The molecule has 1 heterocycles. The van der Waals surface area contributed by atoms with E-state index in [1.165, 1.54) is 24.8 Å². The van der Waals surface area contributed by atoms with Crippen LogP contribution < -0.4 is 8.92 Å². The number of rotatable bonds is 8. The maximum absolute atomic E-state index is 14.2. The molecule has 0 bridgehead atoms. The van der Waals surface area contributed by atoms with Crippen LogP contribution in [-0.2, 0) is 26.1 Å². The predicted octanol–water partition coefficient (Wildman–Crippen LogP) is 8.15. The minimum absolute atomic E-state index is 0.00369. The zero-order chi connectivity index (χ0) is 33.7. The van der Waals surface area contributed by atoms with Gasteiger partial charge in [-0.05, 0) is 81.4 Å². The third-order valence-corrected chi connectivity index (χ3v) is 11.1. The summed E-state index contributed by atoms with van der Waals surface area (Å²) in [4.78, 5) is 30.8. The lowest BCUT2D eigenvalue weighted by atomic mass is 9.63. The van der Waals surface area contributed by atoms with Crippen molar-refractivity contribution in [2.24, 2.45) is 10.8 Å². The van der Waals surface area contributed by atoms with E-state index < -0.39 is 16.0 Å². The number of allylic oxidation sites excluding steroid dienone is 4. The van der Waals surface area contributed by atoms with Gasteiger partial charge in [0.2, 0.25) is 0 Å². The average molecular weight is 719 g/mol. The van der Waals surface area contributed by atoms with Crippen molar-refractivity contribution in [2.75, 3.05) is 13.7 Å². The van der Waals surface area contributed by atoms with Crippen molar-refractivity contribution < 1.29 is 26.9 Å². The molecular formula is C38H40BrNO6S. The first-order valence-corrected chi connectivity index (χ1v) is 18.1. The average Bonchev–Trinajstić information content (AvgIpc) is 3.00. The Kier molecular flexibility index (Phi) is 8.76. The van der Waals surface area contributed by atoms with E-state index in [4.69, 9.17) is 8.92 Å². The number of ketones is 2. The Morgan fingerprint density at radius 3 is 1.87 bits per heavy atom. The number of hydrogen-bond acceptors (Lipinski definition) is 7. The molecule has 3 aliphatic rings. The molecule has 1 aliphatic heterocycles. The van der Waals surface area contributed by atoms with E-state index in [0.717, 1.165) is 17.8 Å². The van der Waals surface area contributed by atoms with Crippen molar-refractivity contribution in [3.05, 3.63) is 111 Å². The fraction of sp³-hybridized carbons (Fsp3) is 0.368. The smallest absolute Gasteiger partial charge is 0.339 e. The number of nitrogens with zero attached hydrogens (tertiary/aromatic N) is 1. The third kappa shape index (κ3) is 6.57. The highest BCUT2D eigenvalue weighted by Gasteiger charge is 2.49. The van der Waals surface area contributed by atoms with E-state index in [1.807, 2.05) is 18.2 Å². The molecule has 0 spiro atoms.